The lowest BCUT2D eigenvalue weighted by Crippen LogP contribution is -2.13. The molecule has 6 heteroatoms. The van der Waals surface area contributed by atoms with Crippen LogP contribution in [-0.2, 0) is 11.8 Å². The topological polar surface area (TPSA) is 67.3 Å². The summed E-state index contributed by atoms with van der Waals surface area (Å²) in [5.41, 5.74) is 4.13. The van der Waals surface area contributed by atoms with Gasteiger partial charge < -0.3 is 4.74 Å². The number of esters is 1. The number of aryl methyl sites for hydroxylation is 1. The zero-order chi connectivity index (χ0) is 16.1. The molecule has 6 nitrogen and oxygen atoms in total. The van der Waals surface area contributed by atoms with E-state index in [4.69, 9.17) is 4.74 Å². The predicted octanol–water partition coefficient (Wildman–Crippen LogP) is 1.46. The van der Waals surface area contributed by atoms with Crippen LogP contribution in [-0.4, -0.2) is 33.8 Å². The largest absolute Gasteiger partial charge is 0.461 e. The molecule has 1 saturated heterocycles. The molecular weight excluding hydrogens is 282 g/mol. The van der Waals surface area contributed by atoms with Gasteiger partial charge in [-0.2, -0.15) is 0 Å². The SMILES string of the molecule is CC#CN1CCCC1=C=Cc1c(C(=O)OCC)[nH]n(C)c1=O. The summed E-state index contributed by atoms with van der Waals surface area (Å²) < 4.78 is 6.21. The number of H-pyrrole nitrogens is 1. The zero-order valence-corrected chi connectivity index (χ0v) is 13.0. The summed E-state index contributed by atoms with van der Waals surface area (Å²) in [6.07, 6.45) is 3.39. The first-order valence-corrected chi connectivity index (χ1v) is 7.20. The van der Waals surface area contributed by atoms with Crippen LogP contribution in [0.5, 0.6) is 0 Å². The smallest absolute Gasteiger partial charge is 0.357 e. The van der Waals surface area contributed by atoms with Crippen LogP contribution in [0.1, 0.15) is 42.7 Å². The first-order chi connectivity index (χ1) is 10.6. The molecule has 0 bridgehead atoms. The maximum Gasteiger partial charge on any atom is 0.357 e. The molecule has 0 spiro atoms. The maximum atomic E-state index is 12.1. The van der Waals surface area contributed by atoms with Gasteiger partial charge in [-0.05, 0) is 32.8 Å². The van der Waals surface area contributed by atoms with Gasteiger partial charge in [-0.15, -0.1) is 0 Å². The number of aromatic amines is 1. The lowest BCUT2D eigenvalue weighted by atomic mass is 10.2. The molecule has 0 atom stereocenters. The van der Waals surface area contributed by atoms with Crippen molar-refractivity contribution in [2.75, 3.05) is 13.2 Å². The Morgan fingerprint density at radius 2 is 2.27 bits per heavy atom. The van der Waals surface area contributed by atoms with E-state index in [1.807, 2.05) is 4.90 Å². The normalized spacial score (nSPS) is 13.4. The van der Waals surface area contributed by atoms with Gasteiger partial charge in [0.25, 0.3) is 5.56 Å². The Morgan fingerprint density at radius 1 is 1.50 bits per heavy atom. The maximum absolute atomic E-state index is 12.1. The molecule has 1 aromatic rings. The average molecular weight is 301 g/mol. The fraction of sp³-hybridized carbons (Fsp3) is 0.438. The Morgan fingerprint density at radius 3 is 2.95 bits per heavy atom. The molecule has 2 rings (SSSR count). The van der Waals surface area contributed by atoms with Crippen molar-refractivity contribution in [2.24, 2.45) is 7.05 Å². The third-order valence-corrected chi connectivity index (χ3v) is 3.31. The van der Waals surface area contributed by atoms with Gasteiger partial charge in [0.2, 0.25) is 0 Å². The monoisotopic (exact) mass is 301 g/mol. The van der Waals surface area contributed by atoms with E-state index in [0.717, 1.165) is 25.1 Å². The van der Waals surface area contributed by atoms with Crippen LogP contribution >= 0.6 is 0 Å². The minimum atomic E-state index is -0.546. The number of ether oxygens (including phenoxy) is 1. The third-order valence-electron chi connectivity index (χ3n) is 3.31. The van der Waals surface area contributed by atoms with Crippen LogP contribution in [0.15, 0.2) is 16.2 Å². The summed E-state index contributed by atoms with van der Waals surface area (Å²) in [4.78, 5) is 25.9. The van der Waals surface area contributed by atoms with Crippen molar-refractivity contribution in [3.63, 3.8) is 0 Å². The number of carbonyl (C=O) groups is 1. The van der Waals surface area contributed by atoms with Crippen LogP contribution in [0, 0.1) is 12.0 Å². The van der Waals surface area contributed by atoms with E-state index in [-0.39, 0.29) is 23.4 Å². The summed E-state index contributed by atoms with van der Waals surface area (Å²) in [5, 5.41) is 2.72. The van der Waals surface area contributed by atoms with Crippen molar-refractivity contribution in [2.45, 2.75) is 26.7 Å². The Hall–Kier alpha value is -2.64. The number of nitrogens with zero attached hydrogens (tertiary/aromatic N) is 2. The van der Waals surface area contributed by atoms with E-state index < -0.39 is 5.97 Å². The highest BCUT2D eigenvalue weighted by Gasteiger charge is 2.19. The van der Waals surface area contributed by atoms with Gasteiger partial charge in [-0.3, -0.25) is 19.5 Å². The number of likely N-dealkylation sites (tertiary alicyclic amines) is 1. The van der Waals surface area contributed by atoms with E-state index in [2.05, 4.69) is 22.8 Å². The second-order valence-electron chi connectivity index (χ2n) is 4.84. The van der Waals surface area contributed by atoms with Crippen LogP contribution in [0.4, 0.5) is 0 Å². The number of allylic oxidation sites excluding steroid dienone is 1. The molecular formula is C16H19N3O3. The minimum Gasteiger partial charge on any atom is -0.461 e. The molecule has 2 heterocycles. The van der Waals surface area contributed by atoms with Gasteiger partial charge in [0.15, 0.2) is 5.69 Å². The van der Waals surface area contributed by atoms with E-state index in [9.17, 15) is 9.59 Å². The van der Waals surface area contributed by atoms with Gasteiger partial charge in [-0.25, -0.2) is 4.79 Å². The molecule has 0 amide bonds. The molecule has 0 aromatic carbocycles. The lowest BCUT2D eigenvalue weighted by molar-refractivity contribution is 0.0518. The van der Waals surface area contributed by atoms with Crippen molar-refractivity contribution in [3.05, 3.63) is 33.0 Å². The van der Waals surface area contributed by atoms with E-state index >= 15 is 0 Å². The van der Waals surface area contributed by atoms with Crippen molar-refractivity contribution in [1.29, 1.82) is 0 Å². The molecule has 1 aliphatic rings. The molecule has 0 saturated carbocycles. The number of rotatable bonds is 3. The van der Waals surface area contributed by atoms with Gasteiger partial charge in [0, 0.05) is 19.6 Å². The molecule has 0 unspecified atom stereocenters. The standard InChI is InChI=1S/C16H19N3O3/c1-4-10-19-11-6-7-12(19)8-9-13-14(16(21)22-5-2)17-18(3)15(13)20/h9,17H,5-7,11H2,1-3H3. The van der Waals surface area contributed by atoms with Crippen LogP contribution < -0.4 is 5.56 Å². The molecule has 1 aliphatic heterocycles. The van der Waals surface area contributed by atoms with E-state index in [1.165, 1.54) is 10.8 Å². The number of nitrogens with one attached hydrogen (secondary N) is 1. The van der Waals surface area contributed by atoms with E-state index in [1.54, 1.807) is 20.9 Å². The molecule has 0 aliphatic carbocycles. The minimum absolute atomic E-state index is 0.147. The highest BCUT2D eigenvalue weighted by Crippen LogP contribution is 2.19. The Balaban J connectivity index is 2.44. The second-order valence-corrected chi connectivity index (χ2v) is 4.84. The average Bonchev–Trinajstić information content (AvgIpc) is 3.04. The van der Waals surface area contributed by atoms with Gasteiger partial charge in [0.05, 0.1) is 17.9 Å². The van der Waals surface area contributed by atoms with Crippen molar-refractivity contribution in [1.82, 2.24) is 14.7 Å². The summed E-state index contributed by atoms with van der Waals surface area (Å²) >= 11 is 0. The highest BCUT2D eigenvalue weighted by atomic mass is 16.5. The molecule has 1 fully saturated rings. The summed E-state index contributed by atoms with van der Waals surface area (Å²) in [7, 11) is 1.56. The van der Waals surface area contributed by atoms with Crippen LogP contribution in [0.2, 0.25) is 0 Å². The van der Waals surface area contributed by atoms with Crippen LogP contribution in [0.25, 0.3) is 6.08 Å². The first kappa shape index (κ1) is 15.7. The fourth-order valence-corrected chi connectivity index (χ4v) is 2.30. The summed E-state index contributed by atoms with van der Waals surface area (Å²) in [5.74, 6) is 2.31. The Labute approximate surface area is 129 Å². The second kappa shape index (κ2) is 6.88. The summed E-state index contributed by atoms with van der Waals surface area (Å²) in [6.45, 7) is 4.60. The quantitative estimate of drug-likeness (QED) is 0.521. The zero-order valence-electron chi connectivity index (χ0n) is 13.0. The van der Waals surface area contributed by atoms with Crippen molar-refractivity contribution >= 4 is 12.0 Å². The predicted molar refractivity (Wildman–Crippen MR) is 82.9 cm³/mol. The number of hydrogen-bond acceptors (Lipinski definition) is 4. The molecule has 22 heavy (non-hydrogen) atoms. The van der Waals surface area contributed by atoms with Gasteiger partial charge in [-0.1, -0.05) is 11.7 Å². The summed E-state index contributed by atoms with van der Waals surface area (Å²) in [6, 6.07) is 2.99. The third kappa shape index (κ3) is 3.16. The number of carbonyl (C=O) groups excluding carboxylic acids is 1. The lowest BCUT2D eigenvalue weighted by Gasteiger charge is -2.07. The van der Waals surface area contributed by atoms with Gasteiger partial charge in [0.1, 0.15) is 0 Å². The Kier molecular flexibility index (Phi) is 4.92. The molecule has 116 valence electrons. The van der Waals surface area contributed by atoms with Crippen molar-refractivity contribution in [3.8, 4) is 12.0 Å². The van der Waals surface area contributed by atoms with Gasteiger partial charge >= 0.3 is 5.97 Å². The molecule has 0 radical (unpaired) electrons. The Bertz CT molecular complexity index is 752. The first-order valence-electron chi connectivity index (χ1n) is 7.20. The highest BCUT2D eigenvalue weighted by molar-refractivity contribution is 5.91. The number of aromatic nitrogens is 2. The van der Waals surface area contributed by atoms with Crippen LogP contribution in [0.3, 0.4) is 0 Å². The fourth-order valence-electron chi connectivity index (χ4n) is 2.30. The molecule has 1 aromatic heterocycles. The molecule has 1 N–H and O–H groups in total. The van der Waals surface area contributed by atoms with Crippen molar-refractivity contribution < 1.29 is 9.53 Å². The number of hydrogen-bond donors (Lipinski definition) is 1. The van der Waals surface area contributed by atoms with E-state index in [0.29, 0.717) is 0 Å².